The number of aliphatic hydroxyl groups is 1. The van der Waals surface area contributed by atoms with E-state index in [0.29, 0.717) is 6.42 Å². The summed E-state index contributed by atoms with van der Waals surface area (Å²) in [7, 11) is 0. The van der Waals surface area contributed by atoms with Crippen molar-refractivity contribution in [1.29, 1.82) is 0 Å². The van der Waals surface area contributed by atoms with Crippen molar-refractivity contribution in [2.24, 2.45) is 0 Å². The van der Waals surface area contributed by atoms with Gasteiger partial charge in [0.05, 0.1) is 0 Å². The Bertz CT molecular complexity index is 478. The van der Waals surface area contributed by atoms with Gasteiger partial charge in [-0.15, -0.1) is 11.3 Å². The molecular weight excluding hydrogens is 218 g/mol. The van der Waals surface area contributed by atoms with Gasteiger partial charge in [-0.25, -0.2) is 4.98 Å². The van der Waals surface area contributed by atoms with Crippen molar-refractivity contribution >= 4 is 11.3 Å². The largest absolute Gasteiger partial charge is 0.386 e. The number of aliphatic hydroxyl groups excluding tert-OH is 1. The van der Waals surface area contributed by atoms with Crippen LogP contribution >= 0.6 is 11.3 Å². The van der Waals surface area contributed by atoms with E-state index in [1.54, 1.807) is 0 Å². The molecule has 0 radical (unpaired) electrons. The zero-order valence-electron chi connectivity index (χ0n) is 9.47. The highest BCUT2D eigenvalue weighted by Gasteiger charge is 2.12. The fourth-order valence-electron chi connectivity index (χ4n) is 1.66. The molecule has 0 saturated carbocycles. The molecule has 0 aliphatic heterocycles. The van der Waals surface area contributed by atoms with Crippen LogP contribution in [-0.4, -0.2) is 10.1 Å². The summed E-state index contributed by atoms with van der Waals surface area (Å²) < 4.78 is 0. The second kappa shape index (κ2) is 4.76. The van der Waals surface area contributed by atoms with Crippen LogP contribution in [-0.2, 0) is 6.42 Å². The van der Waals surface area contributed by atoms with Crippen LogP contribution in [0, 0.1) is 13.8 Å². The molecule has 1 N–H and O–H groups in total. The van der Waals surface area contributed by atoms with E-state index in [9.17, 15) is 5.11 Å². The van der Waals surface area contributed by atoms with Gasteiger partial charge in [0.15, 0.2) is 0 Å². The van der Waals surface area contributed by atoms with E-state index in [2.05, 4.69) is 24.0 Å². The Morgan fingerprint density at radius 1 is 1.31 bits per heavy atom. The van der Waals surface area contributed by atoms with Gasteiger partial charge in [-0.1, -0.05) is 24.3 Å². The lowest BCUT2D eigenvalue weighted by Gasteiger charge is -2.09. The molecule has 3 heteroatoms. The summed E-state index contributed by atoms with van der Waals surface area (Å²) in [6, 6.07) is 8.13. The van der Waals surface area contributed by atoms with E-state index in [1.807, 2.05) is 24.4 Å². The summed E-state index contributed by atoms with van der Waals surface area (Å²) in [5.74, 6) is 0. The van der Waals surface area contributed by atoms with Gasteiger partial charge >= 0.3 is 0 Å². The van der Waals surface area contributed by atoms with Gasteiger partial charge in [0, 0.05) is 17.5 Å². The number of thiazole rings is 1. The van der Waals surface area contributed by atoms with Crippen LogP contribution < -0.4 is 0 Å². The van der Waals surface area contributed by atoms with Gasteiger partial charge in [-0.2, -0.15) is 0 Å². The monoisotopic (exact) mass is 233 g/mol. The van der Waals surface area contributed by atoms with E-state index in [1.165, 1.54) is 22.5 Å². The molecule has 0 amide bonds. The third-order valence-electron chi connectivity index (χ3n) is 2.60. The Hall–Kier alpha value is -1.19. The third-order valence-corrected chi connectivity index (χ3v) is 3.66. The molecule has 2 nitrogen and oxygen atoms in total. The standard InChI is InChI=1S/C13H15NOS/c1-9-5-3-4-6-11(9)7-12(15)13-14-10(2)8-16-13/h3-6,8,12,15H,7H2,1-2H3. The Kier molecular flexibility index (Phi) is 3.36. The molecular formula is C13H15NOS. The number of nitrogens with zero attached hydrogens (tertiary/aromatic N) is 1. The molecule has 0 aliphatic rings. The maximum atomic E-state index is 10.1. The van der Waals surface area contributed by atoms with Crippen molar-refractivity contribution in [3.05, 3.63) is 51.5 Å². The highest BCUT2D eigenvalue weighted by molar-refractivity contribution is 7.09. The van der Waals surface area contributed by atoms with E-state index < -0.39 is 6.10 Å². The Labute approximate surface area is 99.6 Å². The Balaban J connectivity index is 2.13. The molecule has 1 aromatic carbocycles. The summed E-state index contributed by atoms with van der Waals surface area (Å²) in [4.78, 5) is 4.30. The summed E-state index contributed by atoms with van der Waals surface area (Å²) in [6.07, 6.45) is 0.152. The van der Waals surface area contributed by atoms with Crippen molar-refractivity contribution in [3.8, 4) is 0 Å². The van der Waals surface area contributed by atoms with Crippen molar-refractivity contribution in [2.75, 3.05) is 0 Å². The first kappa shape index (κ1) is 11.3. The summed E-state index contributed by atoms with van der Waals surface area (Å²) in [5, 5.41) is 12.8. The highest BCUT2D eigenvalue weighted by Crippen LogP contribution is 2.22. The van der Waals surface area contributed by atoms with Gasteiger partial charge in [-0.3, -0.25) is 0 Å². The minimum atomic E-state index is -0.486. The van der Waals surface area contributed by atoms with Gasteiger partial charge in [-0.05, 0) is 25.0 Å². The minimum Gasteiger partial charge on any atom is -0.386 e. The minimum absolute atomic E-state index is 0.486. The predicted octanol–water partition coefficient (Wildman–Crippen LogP) is 3.04. The first-order chi connectivity index (χ1) is 7.66. The van der Waals surface area contributed by atoms with Crippen molar-refractivity contribution in [2.45, 2.75) is 26.4 Å². The zero-order valence-corrected chi connectivity index (χ0v) is 10.3. The maximum absolute atomic E-state index is 10.1. The molecule has 0 saturated heterocycles. The molecule has 16 heavy (non-hydrogen) atoms. The normalized spacial score (nSPS) is 12.7. The van der Waals surface area contributed by atoms with Crippen molar-refractivity contribution in [3.63, 3.8) is 0 Å². The van der Waals surface area contributed by atoms with E-state index in [-0.39, 0.29) is 0 Å². The second-order valence-electron chi connectivity index (χ2n) is 3.97. The molecule has 1 unspecified atom stereocenters. The molecule has 0 spiro atoms. The van der Waals surface area contributed by atoms with Crippen molar-refractivity contribution in [1.82, 2.24) is 4.98 Å². The van der Waals surface area contributed by atoms with E-state index in [4.69, 9.17) is 0 Å². The zero-order chi connectivity index (χ0) is 11.5. The average molecular weight is 233 g/mol. The van der Waals surface area contributed by atoms with Crippen LogP contribution in [0.3, 0.4) is 0 Å². The van der Waals surface area contributed by atoms with E-state index in [0.717, 1.165) is 10.7 Å². The Morgan fingerprint density at radius 2 is 2.06 bits per heavy atom. The number of hydrogen-bond acceptors (Lipinski definition) is 3. The number of benzene rings is 1. The number of aryl methyl sites for hydroxylation is 2. The predicted molar refractivity (Wildman–Crippen MR) is 66.7 cm³/mol. The number of hydrogen-bond donors (Lipinski definition) is 1. The quantitative estimate of drug-likeness (QED) is 0.884. The molecule has 1 heterocycles. The molecule has 1 atom stereocenters. The van der Waals surface area contributed by atoms with Crippen LogP contribution in [0.2, 0.25) is 0 Å². The molecule has 2 rings (SSSR count). The maximum Gasteiger partial charge on any atom is 0.122 e. The van der Waals surface area contributed by atoms with Crippen molar-refractivity contribution < 1.29 is 5.11 Å². The third kappa shape index (κ3) is 2.49. The Morgan fingerprint density at radius 3 is 2.69 bits per heavy atom. The van der Waals surface area contributed by atoms with Crippen LogP contribution in [0.5, 0.6) is 0 Å². The van der Waals surface area contributed by atoms with Gasteiger partial charge in [0.2, 0.25) is 0 Å². The fourth-order valence-corrected chi connectivity index (χ4v) is 2.44. The number of rotatable bonds is 3. The van der Waals surface area contributed by atoms with Crippen LogP contribution in [0.1, 0.15) is 27.9 Å². The lowest BCUT2D eigenvalue weighted by atomic mass is 10.0. The molecule has 0 bridgehead atoms. The molecule has 84 valence electrons. The highest BCUT2D eigenvalue weighted by atomic mass is 32.1. The van der Waals surface area contributed by atoms with Crippen LogP contribution in [0.4, 0.5) is 0 Å². The first-order valence-electron chi connectivity index (χ1n) is 5.31. The second-order valence-corrected chi connectivity index (χ2v) is 4.86. The smallest absolute Gasteiger partial charge is 0.122 e. The van der Waals surface area contributed by atoms with Gasteiger partial charge < -0.3 is 5.11 Å². The summed E-state index contributed by atoms with van der Waals surface area (Å²) >= 11 is 1.52. The fraction of sp³-hybridized carbons (Fsp3) is 0.308. The number of aromatic nitrogens is 1. The SMILES string of the molecule is Cc1csc(C(O)Cc2ccccc2C)n1. The molecule has 1 aromatic heterocycles. The average Bonchev–Trinajstić information content (AvgIpc) is 2.68. The van der Waals surface area contributed by atoms with Gasteiger partial charge in [0.25, 0.3) is 0 Å². The lowest BCUT2D eigenvalue weighted by Crippen LogP contribution is -2.02. The lowest BCUT2D eigenvalue weighted by molar-refractivity contribution is 0.177. The molecule has 0 aliphatic carbocycles. The van der Waals surface area contributed by atoms with E-state index >= 15 is 0 Å². The van der Waals surface area contributed by atoms with Crippen LogP contribution in [0.25, 0.3) is 0 Å². The first-order valence-corrected chi connectivity index (χ1v) is 6.19. The summed E-state index contributed by atoms with van der Waals surface area (Å²) in [6.45, 7) is 4.01. The molecule has 0 fully saturated rings. The van der Waals surface area contributed by atoms with Crippen LogP contribution in [0.15, 0.2) is 29.6 Å². The topological polar surface area (TPSA) is 33.1 Å². The summed E-state index contributed by atoms with van der Waals surface area (Å²) in [5.41, 5.74) is 3.38. The molecule has 2 aromatic rings. The van der Waals surface area contributed by atoms with Gasteiger partial charge in [0.1, 0.15) is 11.1 Å².